The fourth-order valence-electron chi connectivity index (χ4n) is 13.8. The van der Waals surface area contributed by atoms with Crippen LogP contribution in [-0.4, -0.2) is 58.3 Å². The SMILES string of the molecule is C=C(C)[C@@H]1CC[C@]2(CC(=O)N3CC[C@@H](O)C3)CC[C@]3(C)[C@H](CCC4[C@@]5(C)CC[C@H](OC(=O)CC(C)(C)C(=O)O)C(C)(C)C5CC[C@]43C)[C@@H]12. The molecule has 6 rings (SSSR count). The molecule has 0 aromatic rings. The molecule has 0 spiro atoms. The van der Waals surface area contributed by atoms with Crippen LogP contribution < -0.4 is 0 Å². The van der Waals surface area contributed by atoms with Crippen LogP contribution in [0.4, 0.5) is 0 Å². The van der Waals surface area contributed by atoms with Gasteiger partial charge in [-0.25, -0.2) is 0 Å². The van der Waals surface area contributed by atoms with E-state index in [4.69, 9.17) is 4.74 Å². The molecule has 5 aliphatic carbocycles. The lowest BCUT2D eigenvalue weighted by atomic mass is 9.32. The van der Waals surface area contributed by atoms with Gasteiger partial charge in [0.2, 0.25) is 5.91 Å². The topological polar surface area (TPSA) is 104 Å². The highest BCUT2D eigenvalue weighted by molar-refractivity contribution is 5.81. The van der Waals surface area contributed by atoms with Crippen LogP contribution in [0.25, 0.3) is 0 Å². The third kappa shape index (κ3) is 5.32. The molecule has 48 heavy (non-hydrogen) atoms. The van der Waals surface area contributed by atoms with Gasteiger partial charge in [-0.2, -0.15) is 0 Å². The van der Waals surface area contributed by atoms with Crippen LogP contribution in [0.1, 0.15) is 139 Å². The van der Waals surface area contributed by atoms with Crippen molar-refractivity contribution in [1.82, 2.24) is 4.90 Å². The van der Waals surface area contributed by atoms with Crippen LogP contribution in [0.2, 0.25) is 0 Å². The summed E-state index contributed by atoms with van der Waals surface area (Å²) in [7, 11) is 0. The molecule has 1 saturated heterocycles. The Hall–Kier alpha value is -1.89. The molecule has 0 aromatic heterocycles. The number of carbonyl (C=O) groups excluding carboxylic acids is 2. The Morgan fingerprint density at radius 3 is 2.21 bits per heavy atom. The Morgan fingerprint density at radius 2 is 1.58 bits per heavy atom. The number of carboxylic acids is 1. The number of carboxylic acid groups (broad SMARTS) is 1. The second-order valence-electron chi connectivity index (χ2n) is 19.7. The van der Waals surface area contributed by atoms with Gasteiger partial charge in [0.25, 0.3) is 0 Å². The standard InChI is InChI=1S/C41H65NO6/c1-25(2)27-12-18-41(22-32(44)42-21-15-26(43)24-42)20-19-39(8)28(34(27)41)10-11-30-38(7)16-14-31(48-33(45)23-36(3,4)35(46)47)37(5,6)29(38)13-17-40(30,39)9/h26-31,34,43H,1,10-24H2,2-9H3,(H,46,47)/t26-,27+,28-,29?,30?,31+,34-,38+,39-,40-,41-/m1/s1. The third-order valence-corrected chi connectivity index (χ3v) is 16.6. The van der Waals surface area contributed by atoms with E-state index in [0.29, 0.717) is 55.5 Å². The molecule has 1 heterocycles. The zero-order chi connectivity index (χ0) is 35.2. The lowest BCUT2D eigenvalue weighted by Gasteiger charge is -2.73. The molecule has 6 aliphatic rings. The van der Waals surface area contributed by atoms with E-state index in [1.807, 2.05) is 4.90 Å². The molecular formula is C41H65NO6. The minimum atomic E-state index is -1.14. The van der Waals surface area contributed by atoms with Gasteiger partial charge in [-0.1, -0.05) is 46.8 Å². The normalized spacial score (nSPS) is 44.9. The summed E-state index contributed by atoms with van der Waals surface area (Å²) in [5.74, 6) is 1.40. The molecule has 270 valence electrons. The number of amides is 1. The van der Waals surface area contributed by atoms with Crippen LogP contribution in [0, 0.1) is 62.1 Å². The van der Waals surface area contributed by atoms with Crippen LogP contribution in [0.3, 0.4) is 0 Å². The first-order chi connectivity index (χ1) is 22.2. The molecule has 1 amide bonds. The number of rotatable bonds is 7. The van der Waals surface area contributed by atoms with E-state index in [-0.39, 0.29) is 51.6 Å². The number of fused-ring (bicyclic) bond motifs is 7. The fourth-order valence-corrected chi connectivity index (χ4v) is 13.8. The number of allylic oxidation sites excluding steroid dienone is 1. The van der Waals surface area contributed by atoms with E-state index in [1.165, 1.54) is 31.3 Å². The van der Waals surface area contributed by atoms with Gasteiger partial charge in [-0.3, -0.25) is 14.4 Å². The van der Waals surface area contributed by atoms with Gasteiger partial charge >= 0.3 is 11.9 Å². The number of carbonyl (C=O) groups is 3. The van der Waals surface area contributed by atoms with E-state index < -0.39 is 17.4 Å². The van der Waals surface area contributed by atoms with Crippen LogP contribution in [0.15, 0.2) is 12.2 Å². The molecule has 11 atom stereocenters. The second kappa shape index (κ2) is 11.8. The number of hydrogen-bond acceptors (Lipinski definition) is 5. The van der Waals surface area contributed by atoms with Gasteiger partial charge in [0.05, 0.1) is 17.9 Å². The zero-order valence-corrected chi connectivity index (χ0v) is 31.3. The van der Waals surface area contributed by atoms with Crippen LogP contribution in [-0.2, 0) is 19.1 Å². The molecule has 7 nitrogen and oxygen atoms in total. The maximum atomic E-state index is 13.8. The van der Waals surface area contributed by atoms with E-state index in [2.05, 4.69) is 48.1 Å². The third-order valence-electron chi connectivity index (χ3n) is 16.6. The van der Waals surface area contributed by atoms with Crippen molar-refractivity contribution in [1.29, 1.82) is 0 Å². The van der Waals surface area contributed by atoms with Gasteiger partial charge in [0.1, 0.15) is 6.10 Å². The summed E-state index contributed by atoms with van der Waals surface area (Å²) in [5.41, 5.74) is 0.480. The highest BCUT2D eigenvalue weighted by Crippen LogP contribution is 2.78. The predicted molar refractivity (Wildman–Crippen MR) is 187 cm³/mol. The number of ether oxygens (including phenoxy) is 1. The number of hydrogen-bond donors (Lipinski definition) is 2. The molecule has 2 N–H and O–H groups in total. The summed E-state index contributed by atoms with van der Waals surface area (Å²) in [6.45, 7) is 23.5. The number of nitrogens with zero attached hydrogens (tertiary/aromatic N) is 1. The van der Waals surface area contributed by atoms with Crippen molar-refractivity contribution in [3.63, 3.8) is 0 Å². The first kappa shape index (κ1) is 35.9. The Bertz CT molecular complexity index is 1340. The molecule has 1 aliphatic heterocycles. The maximum absolute atomic E-state index is 13.8. The van der Waals surface area contributed by atoms with Crippen molar-refractivity contribution < 1.29 is 29.3 Å². The van der Waals surface area contributed by atoms with E-state index in [9.17, 15) is 24.6 Å². The van der Waals surface area contributed by atoms with Gasteiger partial charge in [0, 0.05) is 24.9 Å². The van der Waals surface area contributed by atoms with Crippen molar-refractivity contribution in [2.75, 3.05) is 13.1 Å². The smallest absolute Gasteiger partial charge is 0.309 e. The monoisotopic (exact) mass is 667 g/mol. The zero-order valence-electron chi connectivity index (χ0n) is 31.3. The Kier molecular flexibility index (Phi) is 8.86. The Balaban J connectivity index is 1.25. The number of likely N-dealkylation sites (tertiary alicyclic amines) is 1. The number of esters is 1. The number of aliphatic carboxylic acids is 1. The molecule has 6 fully saturated rings. The molecule has 0 aromatic carbocycles. The van der Waals surface area contributed by atoms with E-state index >= 15 is 0 Å². The summed E-state index contributed by atoms with van der Waals surface area (Å²) in [5, 5.41) is 19.8. The second-order valence-corrected chi connectivity index (χ2v) is 19.7. The van der Waals surface area contributed by atoms with Crippen LogP contribution >= 0.6 is 0 Å². The summed E-state index contributed by atoms with van der Waals surface area (Å²) >= 11 is 0. The average Bonchev–Trinajstić information content (AvgIpc) is 3.59. The summed E-state index contributed by atoms with van der Waals surface area (Å²) in [4.78, 5) is 40.5. The average molecular weight is 668 g/mol. The highest BCUT2D eigenvalue weighted by atomic mass is 16.5. The van der Waals surface area contributed by atoms with Crippen molar-refractivity contribution >= 4 is 17.8 Å². The predicted octanol–water partition coefficient (Wildman–Crippen LogP) is 8.04. The van der Waals surface area contributed by atoms with Crippen molar-refractivity contribution in [3.05, 3.63) is 12.2 Å². The lowest BCUT2D eigenvalue weighted by Crippen LogP contribution is -2.67. The van der Waals surface area contributed by atoms with Gasteiger partial charge in [-0.15, -0.1) is 0 Å². The number of aliphatic hydroxyl groups is 1. The van der Waals surface area contributed by atoms with Crippen molar-refractivity contribution in [2.45, 2.75) is 151 Å². The molecule has 7 heteroatoms. The molecule has 2 unspecified atom stereocenters. The first-order valence-corrected chi connectivity index (χ1v) is 19.3. The maximum Gasteiger partial charge on any atom is 0.309 e. The summed E-state index contributed by atoms with van der Waals surface area (Å²) in [6.07, 6.45) is 11.7. The van der Waals surface area contributed by atoms with Crippen LogP contribution in [0.5, 0.6) is 0 Å². The van der Waals surface area contributed by atoms with E-state index in [1.54, 1.807) is 13.8 Å². The summed E-state index contributed by atoms with van der Waals surface area (Å²) < 4.78 is 6.17. The minimum absolute atomic E-state index is 0.0296. The fraction of sp³-hybridized carbons (Fsp3) is 0.878. The van der Waals surface area contributed by atoms with Gasteiger partial charge in [0.15, 0.2) is 0 Å². The Morgan fingerprint density at radius 1 is 0.875 bits per heavy atom. The first-order valence-electron chi connectivity index (χ1n) is 19.3. The van der Waals surface area contributed by atoms with Crippen molar-refractivity contribution in [3.8, 4) is 0 Å². The Labute approximate surface area is 290 Å². The summed E-state index contributed by atoms with van der Waals surface area (Å²) in [6, 6.07) is 0. The quantitative estimate of drug-likeness (QED) is 0.210. The van der Waals surface area contributed by atoms with E-state index in [0.717, 1.165) is 38.5 Å². The van der Waals surface area contributed by atoms with Gasteiger partial charge in [-0.05, 0) is 143 Å². The minimum Gasteiger partial charge on any atom is -0.481 e. The molecule has 5 saturated carbocycles. The number of aliphatic hydroxyl groups excluding tert-OH is 1. The molecule has 0 radical (unpaired) electrons. The highest BCUT2D eigenvalue weighted by Gasteiger charge is 2.71. The van der Waals surface area contributed by atoms with Gasteiger partial charge < -0.3 is 19.8 Å². The van der Waals surface area contributed by atoms with Crippen molar-refractivity contribution in [2.24, 2.45) is 62.1 Å². The number of β-amino-alcohol motifs (C(OH)–C–C–N with tert-alkyl or cyclic N) is 1. The lowest BCUT2D eigenvalue weighted by molar-refractivity contribution is -0.250. The largest absolute Gasteiger partial charge is 0.481 e. The molecular weight excluding hydrogens is 602 g/mol. The molecule has 0 bridgehead atoms.